The predicted octanol–water partition coefficient (Wildman–Crippen LogP) is 1.23. The molecule has 1 rings (SSSR count). The summed E-state index contributed by atoms with van der Waals surface area (Å²) in [5, 5.41) is 0. The quantitative estimate of drug-likeness (QED) is 0.725. The number of nitrogens with zero attached hydrogens (tertiary/aromatic N) is 1. The van der Waals surface area contributed by atoms with Gasteiger partial charge in [-0.05, 0) is 32.9 Å². The summed E-state index contributed by atoms with van der Waals surface area (Å²) in [6.07, 6.45) is 4.69. The topological polar surface area (TPSA) is 38.5 Å². The first-order valence-corrected chi connectivity index (χ1v) is 5.74. The van der Waals surface area contributed by atoms with E-state index in [1.165, 1.54) is 12.8 Å². The molecule has 0 bridgehead atoms. The number of unbranched alkanes of at least 4 members (excludes halogenated alkanes) is 1. The summed E-state index contributed by atoms with van der Waals surface area (Å²) in [6.45, 7) is 5.89. The highest BCUT2D eigenvalue weighted by Gasteiger charge is 2.34. The van der Waals surface area contributed by atoms with Gasteiger partial charge in [-0.25, -0.2) is 0 Å². The molecule has 1 aliphatic rings. The number of likely N-dealkylation sites (N-methyl/N-ethyl adjacent to an activating group) is 1. The molecule has 3 heteroatoms. The van der Waals surface area contributed by atoms with Crippen molar-refractivity contribution >= 4 is 0 Å². The standard InChI is InChI=1S/C11H24N2O/c1-3-4-7-13(2)11(10-12)5-8-14-9-6-11/h3-10,12H2,1-2H3. The van der Waals surface area contributed by atoms with Crippen LogP contribution in [0.5, 0.6) is 0 Å². The fourth-order valence-corrected chi connectivity index (χ4v) is 2.13. The Morgan fingerprint density at radius 3 is 2.50 bits per heavy atom. The normalized spacial score (nSPS) is 21.4. The summed E-state index contributed by atoms with van der Waals surface area (Å²) < 4.78 is 5.40. The zero-order valence-corrected chi connectivity index (χ0v) is 9.59. The van der Waals surface area contributed by atoms with E-state index in [4.69, 9.17) is 10.5 Å². The maximum absolute atomic E-state index is 5.91. The third-order valence-corrected chi connectivity index (χ3v) is 3.46. The highest BCUT2D eigenvalue weighted by Crippen LogP contribution is 2.25. The maximum Gasteiger partial charge on any atom is 0.0484 e. The molecule has 0 saturated carbocycles. The molecule has 3 nitrogen and oxygen atoms in total. The molecule has 1 heterocycles. The number of hydrogen-bond donors (Lipinski definition) is 1. The van der Waals surface area contributed by atoms with E-state index >= 15 is 0 Å². The van der Waals surface area contributed by atoms with Crippen molar-refractivity contribution in [3.05, 3.63) is 0 Å². The molecule has 0 aromatic carbocycles. The molecule has 84 valence electrons. The van der Waals surface area contributed by atoms with Crippen molar-refractivity contribution in [1.29, 1.82) is 0 Å². The number of rotatable bonds is 5. The van der Waals surface area contributed by atoms with E-state index < -0.39 is 0 Å². The molecule has 0 aromatic rings. The molecule has 0 unspecified atom stereocenters. The van der Waals surface area contributed by atoms with Gasteiger partial charge in [-0.1, -0.05) is 13.3 Å². The molecule has 0 amide bonds. The van der Waals surface area contributed by atoms with Gasteiger partial charge in [0.2, 0.25) is 0 Å². The largest absolute Gasteiger partial charge is 0.381 e. The van der Waals surface area contributed by atoms with Crippen LogP contribution >= 0.6 is 0 Å². The first-order valence-electron chi connectivity index (χ1n) is 5.74. The molecular weight excluding hydrogens is 176 g/mol. The molecule has 2 N–H and O–H groups in total. The summed E-state index contributed by atoms with van der Waals surface area (Å²) in [6, 6.07) is 0. The predicted molar refractivity (Wildman–Crippen MR) is 59.4 cm³/mol. The van der Waals surface area contributed by atoms with Crippen LogP contribution in [0, 0.1) is 0 Å². The van der Waals surface area contributed by atoms with Crippen molar-refractivity contribution in [1.82, 2.24) is 4.90 Å². The summed E-state index contributed by atoms with van der Waals surface area (Å²) in [4.78, 5) is 2.44. The average molecular weight is 200 g/mol. The van der Waals surface area contributed by atoms with Crippen LogP contribution in [0.25, 0.3) is 0 Å². The fourth-order valence-electron chi connectivity index (χ4n) is 2.13. The van der Waals surface area contributed by atoms with Gasteiger partial charge in [-0.2, -0.15) is 0 Å². The molecule has 1 saturated heterocycles. The minimum atomic E-state index is 0.216. The molecule has 0 radical (unpaired) electrons. The van der Waals surface area contributed by atoms with Crippen molar-refractivity contribution in [2.75, 3.05) is 33.4 Å². The van der Waals surface area contributed by atoms with Crippen LogP contribution in [0.1, 0.15) is 32.6 Å². The van der Waals surface area contributed by atoms with Gasteiger partial charge in [0.05, 0.1) is 0 Å². The minimum Gasteiger partial charge on any atom is -0.381 e. The molecule has 0 aromatic heterocycles. The second kappa shape index (κ2) is 5.69. The molecule has 0 spiro atoms. The van der Waals surface area contributed by atoms with Crippen LogP contribution in [-0.2, 0) is 4.74 Å². The SMILES string of the molecule is CCCCN(C)C1(CN)CCOCC1. The van der Waals surface area contributed by atoms with E-state index in [0.717, 1.165) is 39.1 Å². The van der Waals surface area contributed by atoms with E-state index in [-0.39, 0.29) is 5.54 Å². The Morgan fingerprint density at radius 1 is 1.36 bits per heavy atom. The smallest absolute Gasteiger partial charge is 0.0484 e. The summed E-state index contributed by atoms with van der Waals surface area (Å²) >= 11 is 0. The summed E-state index contributed by atoms with van der Waals surface area (Å²) in [5.74, 6) is 0. The Labute approximate surface area is 87.6 Å². The lowest BCUT2D eigenvalue weighted by molar-refractivity contribution is -0.0133. The Kier molecular flexibility index (Phi) is 4.85. The average Bonchev–Trinajstić information content (AvgIpc) is 2.26. The summed E-state index contributed by atoms with van der Waals surface area (Å²) in [5.41, 5.74) is 6.13. The Morgan fingerprint density at radius 2 is 2.00 bits per heavy atom. The molecule has 14 heavy (non-hydrogen) atoms. The van der Waals surface area contributed by atoms with Gasteiger partial charge < -0.3 is 10.5 Å². The van der Waals surface area contributed by atoms with Crippen LogP contribution < -0.4 is 5.73 Å². The molecule has 1 fully saturated rings. The van der Waals surface area contributed by atoms with Gasteiger partial charge in [0, 0.05) is 25.3 Å². The van der Waals surface area contributed by atoms with E-state index in [9.17, 15) is 0 Å². The zero-order chi connectivity index (χ0) is 10.4. The van der Waals surface area contributed by atoms with Gasteiger partial charge in [0.1, 0.15) is 0 Å². The van der Waals surface area contributed by atoms with Gasteiger partial charge >= 0.3 is 0 Å². The number of nitrogens with two attached hydrogens (primary N) is 1. The van der Waals surface area contributed by atoms with E-state index in [2.05, 4.69) is 18.9 Å². The molecule has 0 atom stereocenters. The van der Waals surface area contributed by atoms with E-state index in [1.807, 2.05) is 0 Å². The van der Waals surface area contributed by atoms with Crippen molar-refractivity contribution in [2.45, 2.75) is 38.1 Å². The Bertz CT molecular complexity index is 155. The highest BCUT2D eigenvalue weighted by molar-refractivity contribution is 4.92. The van der Waals surface area contributed by atoms with Crippen molar-refractivity contribution in [2.24, 2.45) is 5.73 Å². The Balaban J connectivity index is 2.48. The lowest BCUT2D eigenvalue weighted by Gasteiger charge is -2.44. The Hall–Kier alpha value is -0.120. The second-order valence-electron chi connectivity index (χ2n) is 4.32. The first kappa shape index (κ1) is 12.0. The number of hydrogen-bond acceptors (Lipinski definition) is 3. The molecular formula is C11H24N2O. The van der Waals surface area contributed by atoms with Crippen LogP contribution in [-0.4, -0.2) is 43.8 Å². The highest BCUT2D eigenvalue weighted by atomic mass is 16.5. The fraction of sp³-hybridized carbons (Fsp3) is 1.00. The lowest BCUT2D eigenvalue weighted by atomic mass is 9.88. The number of ether oxygens (including phenoxy) is 1. The van der Waals surface area contributed by atoms with Crippen molar-refractivity contribution in [3.63, 3.8) is 0 Å². The van der Waals surface area contributed by atoms with Crippen LogP contribution in [0.2, 0.25) is 0 Å². The third-order valence-electron chi connectivity index (χ3n) is 3.46. The van der Waals surface area contributed by atoms with Gasteiger partial charge in [-0.15, -0.1) is 0 Å². The van der Waals surface area contributed by atoms with Crippen LogP contribution in [0.4, 0.5) is 0 Å². The van der Waals surface area contributed by atoms with E-state index in [1.54, 1.807) is 0 Å². The molecule has 0 aliphatic carbocycles. The van der Waals surface area contributed by atoms with Gasteiger partial charge in [0.25, 0.3) is 0 Å². The van der Waals surface area contributed by atoms with Gasteiger partial charge in [0.15, 0.2) is 0 Å². The minimum absolute atomic E-state index is 0.216. The maximum atomic E-state index is 5.91. The first-order chi connectivity index (χ1) is 6.75. The van der Waals surface area contributed by atoms with Crippen molar-refractivity contribution in [3.8, 4) is 0 Å². The monoisotopic (exact) mass is 200 g/mol. The molecule has 1 aliphatic heterocycles. The zero-order valence-electron chi connectivity index (χ0n) is 9.59. The summed E-state index contributed by atoms with van der Waals surface area (Å²) in [7, 11) is 2.20. The second-order valence-corrected chi connectivity index (χ2v) is 4.32. The van der Waals surface area contributed by atoms with Crippen LogP contribution in [0.15, 0.2) is 0 Å². The van der Waals surface area contributed by atoms with Crippen LogP contribution in [0.3, 0.4) is 0 Å². The van der Waals surface area contributed by atoms with E-state index in [0.29, 0.717) is 0 Å². The third kappa shape index (κ3) is 2.69. The lowest BCUT2D eigenvalue weighted by Crippen LogP contribution is -2.55. The van der Waals surface area contributed by atoms with Gasteiger partial charge in [-0.3, -0.25) is 4.90 Å². The van der Waals surface area contributed by atoms with Crippen molar-refractivity contribution < 1.29 is 4.74 Å².